The van der Waals surface area contributed by atoms with Gasteiger partial charge in [-0.3, -0.25) is 9.59 Å². The molecule has 0 aliphatic rings. The van der Waals surface area contributed by atoms with Crippen LogP contribution in [0.3, 0.4) is 0 Å². The van der Waals surface area contributed by atoms with Crippen molar-refractivity contribution < 1.29 is 26.9 Å². The van der Waals surface area contributed by atoms with E-state index in [1.165, 1.54) is 13.1 Å². The molecule has 2 N–H and O–H groups in total. The smallest absolute Gasteiger partial charge is 0.257 e. The second-order valence-electron chi connectivity index (χ2n) is 6.45. The third kappa shape index (κ3) is 5.36. The number of amides is 2. The van der Waals surface area contributed by atoms with Gasteiger partial charge in [0.05, 0.1) is 17.0 Å². The minimum absolute atomic E-state index is 0.183. The molecule has 1 aromatic heterocycles. The number of nitrogens with one attached hydrogen (secondary N) is 2. The summed E-state index contributed by atoms with van der Waals surface area (Å²) >= 11 is 0. The molecule has 0 radical (unpaired) electrons. The molecule has 0 unspecified atom stereocenters. The molecule has 0 spiro atoms. The molecule has 2 rings (SSSR count). The van der Waals surface area contributed by atoms with Crippen LogP contribution >= 0.6 is 0 Å². The predicted octanol–water partition coefficient (Wildman–Crippen LogP) is 1.52. The SMILES string of the molecule is Cc1cc(NC(=O)CN(C)C(=O)c2cc(S(=O)(=O)NC(C)C)ccc2F)no1. The Bertz CT molecular complexity index is 987. The van der Waals surface area contributed by atoms with Crippen LogP contribution in [-0.2, 0) is 14.8 Å². The molecule has 28 heavy (non-hydrogen) atoms. The number of anilines is 1. The zero-order valence-corrected chi connectivity index (χ0v) is 16.6. The summed E-state index contributed by atoms with van der Waals surface area (Å²) in [6.45, 7) is 4.52. The Morgan fingerprint density at radius 1 is 1.29 bits per heavy atom. The highest BCUT2D eigenvalue weighted by Gasteiger charge is 2.23. The maximum atomic E-state index is 14.1. The summed E-state index contributed by atoms with van der Waals surface area (Å²) in [6.07, 6.45) is 0. The van der Waals surface area contributed by atoms with Crippen LogP contribution < -0.4 is 10.0 Å². The highest BCUT2D eigenvalue weighted by molar-refractivity contribution is 7.89. The Kier molecular flexibility index (Phi) is 6.52. The standard InChI is InChI=1S/C17H21FN4O5S/c1-10(2)21-28(25,26)12-5-6-14(18)13(8-12)17(24)22(4)9-16(23)19-15-7-11(3)27-20-15/h5-8,10,21H,9H2,1-4H3,(H,19,20,23). The third-order valence-corrected chi connectivity index (χ3v) is 5.15. The van der Waals surface area contributed by atoms with Crippen molar-refractivity contribution in [1.82, 2.24) is 14.8 Å². The first kappa shape index (κ1) is 21.5. The van der Waals surface area contributed by atoms with E-state index in [2.05, 4.69) is 15.2 Å². The Balaban J connectivity index is 2.16. The van der Waals surface area contributed by atoms with Gasteiger partial charge in [0.25, 0.3) is 5.91 Å². The zero-order valence-electron chi connectivity index (χ0n) is 15.8. The summed E-state index contributed by atoms with van der Waals surface area (Å²) in [7, 11) is -2.61. The number of halogens is 1. The van der Waals surface area contributed by atoms with E-state index in [4.69, 9.17) is 4.52 Å². The number of benzene rings is 1. The van der Waals surface area contributed by atoms with E-state index in [0.29, 0.717) is 5.76 Å². The summed E-state index contributed by atoms with van der Waals surface area (Å²) in [5, 5.41) is 6.03. The van der Waals surface area contributed by atoms with E-state index in [9.17, 15) is 22.4 Å². The van der Waals surface area contributed by atoms with Gasteiger partial charge in [0.1, 0.15) is 11.6 Å². The van der Waals surface area contributed by atoms with Gasteiger partial charge in [-0.15, -0.1) is 0 Å². The quantitative estimate of drug-likeness (QED) is 0.711. The normalized spacial score (nSPS) is 11.5. The molecule has 0 saturated carbocycles. The van der Waals surface area contributed by atoms with E-state index in [1.54, 1.807) is 20.8 Å². The minimum Gasteiger partial charge on any atom is -0.360 e. The van der Waals surface area contributed by atoms with Crippen molar-refractivity contribution in [3.8, 4) is 0 Å². The highest BCUT2D eigenvalue weighted by Crippen LogP contribution is 2.17. The summed E-state index contributed by atoms with van der Waals surface area (Å²) in [6, 6.07) is 4.03. The van der Waals surface area contributed by atoms with Crippen molar-refractivity contribution in [3.63, 3.8) is 0 Å². The van der Waals surface area contributed by atoms with Crippen molar-refractivity contribution in [2.24, 2.45) is 0 Å². The monoisotopic (exact) mass is 412 g/mol. The van der Waals surface area contributed by atoms with Gasteiger partial charge in [-0.25, -0.2) is 17.5 Å². The Morgan fingerprint density at radius 3 is 2.54 bits per heavy atom. The fourth-order valence-electron chi connectivity index (χ4n) is 2.31. The zero-order chi connectivity index (χ0) is 21.1. The van der Waals surface area contributed by atoms with Crippen LogP contribution in [0.1, 0.15) is 30.0 Å². The molecule has 0 bridgehead atoms. The Labute approximate surface area is 161 Å². The first-order valence-corrected chi connectivity index (χ1v) is 9.78. The molecular weight excluding hydrogens is 391 g/mol. The molecule has 0 atom stereocenters. The topological polar surface area (TPSA) is 122 Å². The van der Waals surface area contributed by atoms with Crippen molar-refractivity contribution in [2.75, 3.05) is 18.9 Å². The number of carbonyl (C=O) groups excluding carboxylic acids is 2. The van der Waals surface area contributed by atoms with E-state index in [0.717, 1.165) is 23.1 Å². The number of sulfonamides is 1. The van der Waals surface area contributed by atoms with E-state index >= 15 is 0 Å². The van der Waals surface area contributed by atoms with Crippen molar-refractivity contribution in [1.29, 1.82) is 0 Å². The van der Waals surface area contributed by atoms with Gasteiger partial charge in [0.15, 0.2) is 5.82 Å². The number of carbonyl (C=O) groups is 2. The number of aryl methyl sites for hydroxylation is 1. The van der Waals surface area contributed by atoms with Gasteiger partial charge in [0.2, 0.25) is 15.9 Å². The molecule has 9 nitrogen and oxygen atoms in total. The fourth-order valence-corrected chi connectivity index (χ4v) is 3.59. The molecule has 0 fully saturated rings. The van der Waals surface area contributed by atoms with Crippen LogP contribution in [0.2, 0.25) is 0 Å². The van der Waals surface area contributed by atoms with Gasteiger partial charge in [-0.2, -0.15) is 0 Å². The van der Waals surface area contributed by atoms with E-state index in [-0.39, 0.29) is 16.8 Å². The lowest BCUT2D eigenvalue weighted by molar-refractivity contribution is -0.116. The molecule has 2 aromatic rings. The number of likely N-dealkylation sites (N-methyl/N-ethyl adjacent to an activating group) is 1. The van der Waals surface area contributed by atoms with Crippen molar-refractivity contribution >= 4 is 27.7 Å². The number of hydrogen-bond acceptors (Lipinski definition) is 6. The number of hydrogen-bond donors (Lipinski definition) is 2. The molecule has 152 valence electrons. The lowest BCUT2D eigenvalue weighted by atomic mass is 10.2. The summed E-state index contributed by atoms with van der Waals surface area (Å²) in [5.41, 5.74) is -0.459. The first-order chi connectivity index (χ1) is 13.0. The molecule has 1 aromatic carbocycles. The molecule has 0 saturated heterocycles. The van der Waals surface area contributed by atoms with E-state index in [1.807, 2.05) is 0 Å². The minimum atomic E-state index is -3.90. The maximum Gasteiger partial charge on any atom is 0.257 e. The Hall–Kier alpha value is -2.79. The average Bonchev–Trinajstić information content (AvgIpc) is 2.97. The number of rotatable bonds is 7. The lowest BCUT2D eigenvalue weighted by Gasteiger charge is -2.17. The average molecular weight is 412 g/mol. The van der Waals surface area contributed by atoms with Gasteiger partial charge in [0, 0.05) is 19.2 Å². The second-order valence-corrected chi connectivity index (χ2v) is 8.16. The predicted molar refractivity (Wildman–Crippen MR) is 98.7 cm³/mol. The van der Waals surface area contributed by atoms with Gasteiger partial charge < -0.3 is 14.7 Å². The number of aromatic nitrogens is 1. The fraction of sp³-hybridized carbons (Fsp3) is 0.353. The lowest BCUT2D eigenvalue weighted by Crippen LogP contribution is -2.35. The molecule has 11 heteroatoms. The number of nitrogens with zero attached hydrogens (tertiary/aromatic N) is 2. The molecule has 1 heterocycles. The molecule has 0 aliphatic carbocycles. The molecule has 0 aliphatic heterocycles. The highest BCUT2D eigenvalue weighted by atomic mass is 32.2. The van der Waals surface area contributed by atoms with Gasteiger partial charge in [-0.1, -0.05) is 5.16 Å². The largest absolute Gasteiger partial charge is 0.360 e. The van der Waals surface area contributed by atoms with Crippen LogP contribution in [0.4, 0.5) is 10.2 Å². The summed E-state index contributed by atoms with van der Waals surface area (Å²) in [5.74, 6) is -1.63. The van der Waals surface area contributed by atoms with Crippen molar-refractivity contribution in [3.05, 3.63) is 41.4 Å². The van der Waals surface area contributed by atoms with Gasteiger partial charge in [-0.05, 0) is 39.0 Å². The van der Waals surface area contributed by atoms with Crippen molar-refractivity contribution in [2.45, 2.75) is 31.7 Å². The molecule has 2 amide bonds. The Morgan fingerprint density at radius 2 is 1.96 bits per heavy atom. The van der Waals surface area contributed by atoms with Gasteiger partial charge >= 0.3 is 0 Å². The van der Waals surface area contributed by atoms with Crippen LogP contribution in [0.5, 0.6) is 0 Å². The van der Waals surface area contributed by atoms with E-state index < -0.39 is 39.8 Å². The second kappa shape index (κ2) is 8.48. The maximum absolute atomic E-state index is 14.1. The summed E-state index contributed by atoms with van der Waals surface area (Å²) < 4.78 is 45.8. The first-order valence-electron chi connectivity index (χ1n) is 8.30. The van der Waals surface area contributed by atoms with Crippen LogP contribution in [0.15, 0.2) is 33.7 Å². The summed E-state index contributed by atoms with van der Waals surface area (Å²) in [4.78, 5) is 25.2. The van der Waals surface area contributed by atoms with Crippen LogP contribution in [0, 0.1) is 12.7 Å². The van der Waals surface area contributed by atoms with Crippen LogP contribution in [0.25, 0.3) is 0 Å². The third-order valence-electron chi connectivity index (χ3n) is 3.49. The van der Waals surface area contributed by atoms with Crippen LogP contribution in [-0.4, -0.2) is 49.9 Å². The molecular formula is C17H21FN4O5S.